The summed E-state index contributed by atoms with van der Waals surface area (Å²) in [5, 5.41) is 0. The number of hydrogen-bond donors (Lipinski definition) is 1. The highest BCUT2D eigenvalue weighted by molar-refractivity contribution is 4.93. The van der Waals surface area contributed by atoms with E-state index in [-0.39, 0.29) is 6.42 Å². The van der Waals surface area contributed by atoms with Gasteiger partial charge in [0.2, 0.25) is 0 Å². The van der Waals surface area contributed by atoms with Gasteiger partial charge < -0.3 is 10.5 Å². The monoisotopic (exact) mass is 239 g/mol. The Morgan fingerprint density at radius 1 is 1.25 bits per heavy atom. The zero-order valence-electron chi connectivity index (χ0n) is 9.65. The van der Waals surface area contributed by atoms with E-state index in [4.69, 9.17) is 10.5 Å². The molecule has 2 nitrogen and oxygen atoms in total. The van der Waals surface area contributed by atoms with Crippen molar-refractivity contribution in [3.63, 3.8) is 0 Å². The van der Waals surface area contributed by atoms with Crippen LogP contribution in [0.2, 0.25) is 0 Å². The van der Waals surface area contributed by atoms with Crippen molar-refractivity contribution in [2.45, 2.75) is 62.8 Å². The lowest BCUT2D eigenvalue weighted by atomic mass is 9.78. The van der Waals surface area contributed by atoms with Crippen LogP contribution in [-0.4, -0.2) is 24.9 Å². The average Bonchev–Trinajstić information content (AvgIpc) is 2.25. The van der Waals surface area contributed by atoms with E-state index < -0.39 is 24.2 Å². The smallest absolute Gasteiger partial charge is 0.377 e. The van der Waals surface area contributed by atoms with E-state index in [0.29, 0.717) is 0 Å². The maximum absolute atomic E-state index is 12.1. The van der Waals surface area contributed by atoms with Gasteiger partial charge in [-0.2, -0.15) is 13.2 Å². The quantitative estimate of drug-likeness (QED) is 0.818. The molecule has 1 atom stereocenters. The van der Waals surface area contributed by atoms with Crippen molar-refractivity contribution in [1.82, 2.24) is 0 Å². The van der Waals surface area contributed by atoms with E-state index in [9.17, 15) is 13.2 Å². The molecular weight excluding hydrogens is 219 g/mol. The summed E-state index contributed by atoms with van der Waals surface area (Å²) in [4.78, 5) is 0. The summed E-state index contributed by atoms with van der Waals surface area (Å²) >= 11 is 0. The fraction of sp³-hybridized carbons (Fsp3) is 1.00. The van der Waals surface area contributed by atoms with Crippen molar-refractivity contribution in [3.8, 4) is 0 Å². The van der Waals surface area contributed by atoms with Crippen molar-refractivity contribution in [2.75, 3.05) is 7.11 Å². The Morgan fingerprint density at radius 2 is 1.81 bits per heavy atom. The van der Waals surface area contributed by atoms with Crippen LogP contribution in [0.1, 0.15) is 44.9 Å². The van der Waals surface area contributed by atoms with Crippen molar-refractivity contribution >= 4 is 0 Å². The van der Waals surface area contributed by atoms with Crippen LogP contribution in [0.15, 0.2) is 0 Å². The van der Waals surface area contributed by atoms with Gasteiger partial charge >= 0.3 is 6.18 Å². The Kier molecular flexibility index (Phi) is 4.62. The second-order valence-corrected chi connectivity index (χ2v) is 4.59. The number of methoxy groups -OCH3 is 1. The average molecular weight is 239 g/mol. The predicted molar refractivity (Wildman–Crippen MR) is 56.1 cm³/mol. The molecule has 0 saturated heterocycles. The standard InChI is InChI=1S/C11H20F3NO/c1-16-10(6-3-2-4-7-10)9(15)5-8-11(12,13)14/h9H,2-8,15H2,1H3. The van der Waals surface area contributed by atoms with E-state index in [1.807, 2.05) is 0 Å². The third kappa shape index (κ3) is 3.63. The second-order valence-electron chi connectivity index (χ2n) is 4.59. The highest BCUT2D eigenvalue weighted by Gasteiger charge is 2.39. The summed E-state index contributed by atoms with van der Waals surface area (Å²) in [6.45, 7) is 0. The van der Waals surface area contributed by atoms with Crippen LogP contribution in [0.3, 0.4) is 0 Å². The molecule has 1 aliphatic carbocycles. The molecule has 5 heteroatoms. The van der Waals surface area contributed by atoms with Crippen LogP contribution in [-0.2, 0) is 4.74 Å². The van der Waals surface area contributed by atoms with Crippen molar-refractivity contribution in [2.24, 2.45) is 5.73 Å². The Bertz CT molecular complexity index is 212. The summed E-state index contributed by atoms with van der Waals surface area (Å²) in [5.41, 5.74) is 5.35. The van der Waals surface area contributed by atoms with Crippen LogP contribution in [0, 0.1) is 0 Å². The molecule has 1 aliphatic rings. The molecule has 0 aromatic rings. The minimum absolute atomic E-state index is 0.0443. The summed E-state index contributed by atoms with van der Waals surface area (Å²) in [6.07, 6.45) is -0.318. The van der Waals surface area contributed by atoms with E-state index >= 15 is 0 Å². The normalized spacial score (nSPS) is 23.1. The summed E-state index contributed by atoms with van der Waals surface area (Å²) in [5.74, 6) is 0. The Morgan fingerprint density at radius 3 is 2.25 bits per heavy atom. The zero-order chi connectivity index (χ0) is 12.2. The molecule has 1 unspecified atom stereocenters. The van der Waals surface area contributed by atoms with Gasteiger partial charge in [0.05, 0.1) is 5.60 Å². The van der Waals surface area contributed by atoms with Gasteiger partial charge in [-0.05, 0) is 19.3 Å². The lowest BCUT2D eigenvalue weighted by Crippen LogP contribution is -2.51. The largest absolute Gasteiger partial charge is 0.389 e. The first kappa shape index (κ1) is 13.8. The minimum atomic E-state index is -4.12. The summed E-state index contributed by atoms with van der Waals surface area (Å²) in [6, 6.07) is -0.514. The first-order chi connectivity index (χ1) is 7.40. The van der Waals surface area contributed by atoms with Crippen LogP contribution in [0.4, 0.5) is 13.2 Å². The molecule has 0 spiro atoms. The van der Waals surface area contributed by atoms with Crippen LogP contribution >= 0.6 is 0 Å². The summed E-state index contributed by atoms with van der Waals surface area (Å²) in [7, 11) is 1.55. The Balaban J connectivity index is 2.51. The molecule has 0 amide bonds. The number of halogens is 3. The summed E-state index contributed by atoms with van der Waals surface area (Å²) < 4.78 is 41.8. The van der Waals surface area contributed by atoms with Crippen molar-refractivity contribution in [1.29, 1.82) is 0 Å². The molecule has 1 fully saturated rings. The SMILES string of the molecule is COC1(C(N)CCC(F)(F)F)CCCCC1. The predicted octanol–water partition coefficient (Wildman–Crippen LogP) is 3.01. The molecule has 1 rings (SSSR count). The van der Waals surface area contributed by atoms with Gasteiger partial charge in [-0.15, -0.1) is 0 Å². The molecule has 0 aromatic carbocycles. The van der Waals surface area contributed by atoms with E-state index in [0.717, 1.165) is 32.1 Å². The molecule has 0 radical (unpaired) electrons. The van der Waals surface area contributed by atoms with Crippen molar-refractivity contribution < 1.29 is 17.9 Å². The van der Waals surface area contributed by atoms with Gasteiger partial charge in [0.15, 0.2) is 0 Å². The minimum Gasteiger partial charge on any atom is -0.377 e. The number of ether oxygens (including phenoxy) is 1. The first-order valence-corrected chi connectivity index (χ1v) is 5.77. The molecule has 0 aromatic heterocycles. The lowest BCUT2D eigenvalue weighted by molar-refractivity contribution is -0.142. The molecular formula is C11H20F3NO. The van der Waals surface area contributed by atoms with Gasteiger partial charge in [0.1, 0.15) is 0 Å². The molecule has 2 N–H and O–H groups in total. The van der Waals surface area contributed by atoms with Gasteiger partial charge in [0, 0.05) is 19.6 Å². The molecule has 96 valence electrons. The first-order valence-electron chi connectivity index (χ1n) is 5.77. The number of hydrogen-bond acceptors (Lipinski definition) is 2. The van der Waals surface area contributed by atoms with Crippen LogP contribution in [0.25, 0.3) is 0 Å². The van der Waals surface area contributed by atoms with E-state index in [2.05, 4.69) is 0 Å². The molecule has 0 aliphatic heterocycles. The molecule has 0 bridgehead atoms. The third-order valence-corrected chi connectivity index (χ3v) is 3.52. The van der Waals surface area contributed by atoms with E-state index in [1.165, 1.54) is 0 Å². The zero-order valence-corrected chi connectivity index (χ0v) is 9.65. The fourth-order valence-electron chi connectivity index (χ4n) is 2.46. The third-order valence-electron chi connectivity index (χ3n) is 3.52. The van der Waals surface area contributed by atoms with Gasteiger partial charge in [0.25, 0.3) is 0 Å². The maximum atomic E-state index is 12.1. The Labute approximate surface area is 94.3 Å². The molecule has 0 heterocycles. The molecule has 16 heavy (non-hydrogen) atoms. The lowest BCUT2D eigenvalue weighted by Gasteiger charge is -2.41. The topological polar surface area (TPSA) is 35.2 Å². The van der Waals surface area contributed by atoms with Crippen molar-refractivity contribution in [3.05, 3.63) is 0 Å². The van der Waals surface area contributed by atoms with Gasteiger partial charge in [-0.1, -0.05) is 19.3 Å². The van der Waals surface area contributed by atoms with Gasteiger partial charge in [-0.3, -0.25) is 0 Å². The maximum Gasteiger partial charge on any atom is 0.389 e. The fourth-order valence-corrected chi connectivity index (χ4v) is 2.46. The van der Waals surface area contributed by atoms with Crippen LogP contribution in [0.5, 0.6) is 0 Å². The Hall–Kier alpha value is -0.290. The number of rotatable bonds is 4. The highest BCUT2D eigenvalue weighted by Crippen LogP contribution is 2.36. The number of alkyl halides is 3. The van der Waals surface area contributed by atoms with Gasteiger partial charge in [-0.25, -0.2) is 0 Å². The second kappa shape index (κ2) is 5.36. The van der Waals surface area contributed by atoms with Crippen LogP contribution < -0.4 is 5.73 Å². The number of nitrogens with two attached hydrogens (primary N) is 1. The molecule has 1 saturated carbocycles. The highest BCUT2D eigenvalue weighted by atomic mass is 19.4. The van der Waals surface area contributed by atoms with E-state index in [1.54, 1.807) is 7.11 Å².